The average molecular weight is 483 g/mol. The number of carbonyl (C=O) groups is 3. The Morgan fingerprint density at radius 2 is 1.34 bits per heavy atom. The van der Waals surface area contributed by atoms with Crippen LogP contribution in [0.25, 0.3) is 0 Å². The van der Waals surface area contributed by atoms with E-state index in [1.54, 1.807) is 0 Å². The molecule has 2 rings (SSSR count). The summed E-state index contributed by atoms with van der Waals surface area (Å²) in [6.45, 7) is 2.78. The van der Waals surface area contributed by atoms with E-state index in [9.17, 15) is 14.4 Å². The van der Waals surface area contributed by atoms with Gasteiger partial charge in [-0.25, -0.2) is 0 Å². The summed E-state index contributed by atoms with van der Waals surface area (Å²) in [6.07, 6.45) is 6.39. The quantitative estimate of drug-likeness (QED) is 0.117. The molecule has 0 saturated heterocycles. The first-order valence-corrected chi connectivity index (χ1v) is 11.2. The Labute approximate surface area is 190 Å². The number of fused-ring (bicyclic) bond motifs is 1. The molecule has 0 aliphatic carbocycles. The monoisotopic (exact) mass is 481 g/mol. The van der Waals surface area contributed by atoms with Crippen LogP contribution >= 0.6 is 46.4 Å². The molecule has 1 aliphatic rings. The van der Waals surface area contributed by atoms with E-state index in [1.807, 2.05) is 0 Å². The lowest BCUT2D eigenvalue weighted by molar-refractivity contribution is -0.143. The van der Waals surface area contributed by atoms with Crippen molar-refractivity contribution in [3.63, 3.8) is 0 Å². The van der Waals surface area contributed by atoms with E-state index in [4.69, 9.17) is 51.1 Å². The van der Waals surface area contributed by atoms with Crippen LogP contribution in [0.5, 0.6) is 0 Å². The molecule has 0 saturated carbocycles. The first-order chi connectivity index (χ1) is 13.8. The Bertz CT molecular complexity index is 750. The highest BCUT2D eigenvalue weighted by atomic mass is 35.5. The minimum atomic E-state index is -0.540. The maximum absolute atomic E-state index is 12.6. The number of imide groups is 1. The molecule has 1 heterocycles. The zero-order chi connectivity index (χ0) is 21.6. The van der Waals surface area contributed by atoms with Crippen LogP contribution in [0, 0.1) is 0 Å². The van der Waals surface area contributed by atoms with Crippen molar-refractivity contribution >= 4 is 64.2 Å². The number of benzene rings is 1. The highest BCUT2D eigenvalue weighted by Crippen LogP contribution is 2.44. The molecule has 0 radical (unpaired) electrons. The summed E-state index contributed by atoms with van der Waals surface area (Å²) < 4.78 is 5.18. The first kappa shape index (κ1) is 24.3. The lowest BCUT2D eigenvalue weighted by atomic mass is 10.1. The number of unbranched alkanes of at least 4 members (excludes halogenated alkanes) is 5. The molecule has 1 aromatic carbocycles. The third-order valence-corrected chi connectivity index (χ3v) is 6.51. The number of halogens is 4. The average Bonchev–Trinajstić information content (AvgIpc) is 2.94. The molecule has 1 aliphatic heterocycles. The largest absolute Gasteiger partial charge is 0.466 e. The van der Waals surface area contributed by atoms with Gasteiger partial charge in [0.15, 0.2) is 0 Å². The Hall–Kier alpha value is -1.01. The van der Waals surface area contributed by atoms with Gasteiger partial charge in [-0.3, -0.25) is 19.3 Å². The second-order valence-electron chi connectivity index (χ2n) is 6.86. The second kappa shape index (κ2) is 11.4. The van der Waals surface area contributed by atoms with Gasteiger partial charge in [-0.05, 0) is 19.3 Å². The molecule has 0 unspecified atom stereocenters. The molecule has 1 aromatic rings. The minimum Gasteiger partial charge on any atom is -0.466 e. The number of carbonyl (C=O) groups excluding carboxylic acids is 3. The molecule has 160 valence electrons. The highest BCUT2D eigenvalue weighted by Gasteiger charge is 2.41. The molecular weight excluding hydrogens is 460 g/mol. The van der Waals surface area contributed by atoms with Gasteiger partial charge in [0.25, 0.3) is 11.8 Å². The van der Waals surface area contributed by atoms with E-state index in [0.29, 0.717) is 32.3 Å². The summed E-state index contributed by atoms with van der Waals surface area (Å²) >= 11 is 24.2. The number of esters is 1. The molecule has 9 heteroatoms. The molecule has 0 N–H and O–H groups in total. The van der Waals surface area contributed by atoms with Crippen molar-refractivity contribution in [1.82, 2.24) is 4.90 Å². The molecule has 2 amide bonds. The predicted molar refractivity (Wildman–Crippen MR) is 115 cm³/mol. The molecule has 0 atom stereocenters. The third kappa shape index (κ3) is 5.78. The molecular formula is C20H23Cl4NO4. The van der Waals surface area contributed by atoms with Gasteiger partial charge in [0, 0.05) is 13.0 Å². The van der Waals surface area contributed by atoms with Gasteiger partial charge < -0.3 is 4.74 Å². The number of rotatable bonds is 11. The van der Waals surface area contributed by atoms with Crippen LogP contribution in [0.1, 0.15) is 79.0 Å². The fraction of sp³-hybridized carbons (Fsp3) is 0.550. The van der Waals surface area contributed by atoms with E-state index >= 15 is 0 Å². The smallest absolute Gasteiger partial charge is 0.305 e. The fourth-order valence-electron chi connectivity index (χ4n) is 3.10. The molecule has 0 spiro atoms. The lowest BCUT2D eigenvalue weighted by Gasteiger charge is -2.13. The number of ether oxygens (including phenoxy) is 1. The summed E-state index contributed by atoms with van der Waals surface area (Å²) in [5.74, 6) is -1.30. The van der Waals surface area contributed by atoms with Gasteiger partial charge >= 0.3 is 5.97 Å². The summed E-state index contributed by atoms with van der Waals surface area (Å²) in [5, 5.41) is -0.237. The van der Waals surface area contributed by atoms with Crippen molar-refractivity contribution in [3.8, 4) is 0 Å². The van der Waals surface area contributed by atoms with Crippen LogP contribution in [0.2, 0.25) is 20.1 Å². The topological polar surface area (TPSA) is 63.7 Å². The summed E-state index contributed by atoms with van der Waals surface area (Å²) in [6, 6.07) is 0. The van der Waals surface area contributed by atoms with E-state index in [1.165, 1.54) is 0 Å². The maximum Gasteiger partial charge on any atom is 0.305 e. The molecule has 0 aromatic heterocycles. The third-order valence-electron chi connectivity index (χ3n) is 4.71. The van der Waals surface area contributed by atoms with Gasteiger partial charge in [0.1, 0.15) is 0 Å². The molecule has 5 nitrogen and oxygen atoms in total. The molecule has 0 fully saturated rings. The van der Waals surface area contributed by atoms with E-state index in [-0.39, 0.29) is 43.7 Å². The van der Waals surface area contributed by atoms with Gasteiger partial charge in [0.2, 0.25) is 0 Å². The normalized spacial score (nSPS) is 13.2. The van der Waals surface area contributed by atoms with E-state index < -0.39 is 11.8 Å². The fourth-order valence-corrected chi connectivity index (χ4v) is 4.12. The number of hydrogen-bond donors (Lipinski definition) is 0. The van der Waals surface area contributed by atoms with E-state index in [0.717, 1.165) is 30.6 Å². The van der Waals surface area contributed by atoms with E-state index in [2.05, 4.69) is 6.92 Å². The first-order valence-electron chi connectivity index (χ1n) is 9.69. The Kier molecular flexibility index (Phi) is 9.54. The highest BCUT2D eigenvalue weighted by molar-refractivity contribution is 6.55. The van der Waals surface area contributed by atoms with Crippen molar-refractivity contribution in [3.05, 3.63) is 31.2 Å². The van der Waals surface area contributed by atoms with Crippen molar-refractivity contribution in [2.45, 2.75) is 58.3 Å². The number of hydrogen-bond acceptors (Lipinski definition) is 4. The van der Waals surface area contributed by atoms with Crippen LogP contribution in [0.3, 0.4) is 0 Å². The minimum absolute atomic E-state index is 0.0114. The van der Waals surface area contributed by atoms with Crippen LogP contribution in [-0.4, -0.2) is 35.8 Å². The van der Waals surface area contributed by atoms with Crippen molar-refractivity contribution < 1.29 is 19.1 Å². The van der Waals surface area contributed by atoms with Crippen LogP contribution < -0.4 is 0 Å². The maximum atomic E-state index is 12.6. The van der Waals surface area contributed by atoms with Gasteiger partial charge in [-0.15, -0.1) is 0 Å². The van der Waals surface area contributed by atoms with Gasteiger partial charge in [0.05, 0.1) is 37.8 Å². The second-order valence-corrected chi connectivity index (χ2v) is 8.37. The van der Waals surface area contributed by atoms with Crippen LogP contribution in [-0.2, 0) is 9.53 Å². The SMILES string of the molecule is CCCCCCOC(=O)CCCCCN1C(=O)c2c(Cl)c(Cl)c(Cl)c(Cl)c2C1=O. The molecule has 29 heavy (non-hydrogen) atoms. The molecule has 0 bridgehead atoms. The Morgan fingerprint density at radius 3 is 1.90 bits per heavy atom. The lowest BCUT2D eigenvalue weighted by Crippen LogP contribution is -2.30. The summed E-state index contributed by atoms with van der Waals surface area (Å²) in [5.41, 5.74) is -0.0227. The number of nitrogens with zero attached hydrogens (tertiary/aromatic N) is 1. The van der Waals surface area contributed by atoms with Gasteiger partial charge in [-0.2, -0.15) is 0 Å². The zero-order valence-corrected chi connectivity index (χ0v) is 19.2. The summed E-state index contributed by atoms with van der Waals surface area (Å²) in [4.78, 5) is 38.0. The van der Waals surface area contributed by atoms with Crippen LogP contribution in [0.4, 0.5) is 0 Å². The Balaban J connectivity index is 1.79. The van der Waals surface area contributed by atoms with Crippen molar-refractivity contribution in [2.24, 2.45) is 0 Å². The van der Waals surface area contributed by atoms with Crippen LogP contribution in [0.15, 0.2) is 0 Å². The predicted octanol–water partition coefficient (Wildman–Crippen LogP) is 6.58. The van der Waals surface area contributed by atoms with Crippen molar-refractivity contribution in [1.29, 1.82) is 0 Å². The standard InChI is InChI=1S/C20H23Cl4NO4/c1-2-3-4-8-11-29-12(26)9-6-5-7-10-25-19(27)13-14(20(25)28)16(22)18(24)17(23)15(13)21/h2-11H2,1H3. The van der Waals surface area contributed by atoms with Crippen molar-refractivity contribution in [2.75, 3.05) is 13.2 Å². The zero-order valence-electron chi connectivity index (χ0n) is 16.2. The summed E-state index contributed by atoms with van der Waals surface area (Å²) in [7, 11) is 0. The number of amides is 2. The van der Waals surface area contributed by atoms with Gasteiger partial charge in [-0.1, -0.05) is 79.0 Å². The Morgan fingerprint density at radius 1 is 0.793 bits per heavy atom.